The van der Waals surface area contributed by atoms with Gasteiger partial charge < -0.3 is 10.2 Å². The minimum Gasteiger partial charge on any atom is -0.326 e. The zero-order chi connectivity index (χ0) is 25.6. The summed E-state index contributed by atoms with van der Waals surface area (Å²) in [6, 6.07) is 11.8. The van der Waals surface area contributed by atoms with Crippen molar-refractivity contribution in [3.8, 4) is 0 Å². The Kier molecular flexibility index (Phi) is 6.46. The molecule has 9 heteroatoms. The number of amides is 2. The molecule has 36 heavy (non-hydrogen) atoms. The van der Waals surface area contributed by atoms with E-state index in [-0.39, 0.29) is 53.5 Å². The van der Waals surface area contributed by atoms with E-state index in [1.807, 2.05) is 11.8 Å². The Morgan fingerprint density at radius 1 is 0.917 bits per heavy atom. The molecule has 2 aliphatic heterocycles. The van der Waals surface area contributed by atoms with Gasteiger partial charge in [-0.15, -0.1) is 0 Å². The zero-order valence-electron chi connectivity index (χ0n) is 20.6. The zero-order valence-corrected chi connectivity index (χ0v) is 21.4. The van der Waals surface area contributed by atoms with Crippen molar-refractivity contribution in [3.63, 3.8) is 0 Å². The number of hydrogen-bond donors (Lipinski definition) is 1. The molecule has 8 nitrogen and oxygen atoms in total. The van der Waals surface area contributed by atoms with Crippen molar-refractivity contribution in [1.82, 2.24) is 4.31 Å². The van der Waals surface area contributed by atoms with Crippen LogP contribution in [-0.2, 0) is 26.0 Å². The number of fused-ring (bicyclic) bond motifs is 1. The van der Waals surface area contributed by atoms with Crippen LogP contribution in [0.2, 0.25) is 0 Å². The number of sulfonamides is 1. The van der Waals surface area contributed by atoms with Gasteiger partial charge in [-0.3, -0.25) is 14.4 Å². The van der Waals surface area contributed by atoms with Gasteiger partial charge in [-0.25, -0.2) is 8.42 Å². The quantitative estimate of drug-likeness (QED) is 0.599. The molecule has 1 saturated heterocycles. The van der Waals surface area contributed by atoms with E-state index in [4.69, 9.17) is 0 Å². The Bertz CT molecular complexity index is 1310. The van der Waals surface area contributed by atoms with Crippen LogP contribution >= 0.6 is 0 Å². The first-order chi connectivity index (χ1) is 17.1. The second-order valence-corrected chi connectivity index (χ2v) is 12.1. The Morgan fingerprint density at radius 2 is 1.58 bits per heavy atom. The fourth-order valence-corrected chi connectivity index (χ4v) is 6.69. The lowest BCUT2D eigenvalue weighted by Gasteiger charge is -2.30. The lowest BCUT2D eigenvalue weighted by Crippen LogP contribution is -2.41. The second kappa shape index (κ2) is 9.44. The second-order valence-electron chi connectivity index (χ2n) is 10.1. The van der Waals surface area contributed by atoms with E-state index >= 15 is 0 Å². The molecule has 5 rings (SSSR count). The molecule has 190 valence electrons. The van der Waals surface area contributed by atoms with Gasteiger partial charge in [0.05, 0.1) is 4.90 Å². The van der Waals surface area contributed by atoms with E-state index in [0.29, 0.717) is 30.5 Å². The predicted molar refractivity (Wildman–Crippen MR) is 136 cm³/mol. The van der Waals surface area contributed by atoms with Crippen molar-refractivity contribution >= 4 is 39.0 Å². The van der Waals surface area contributed by atoms with Gasteiger partial charge in [0.25, 0.3) is 0 Å². The number of rotatable bonds is 6. The molecule has 1 saturated carbocycles. The summed E-state index contributed by atoms with van der Waals surface area (Å²) in [5.41, 5.74) is 2.91. The van der Waals surface area contributed by atoms with Gasteiger partial charge in [-0.05, 0) is 94.0 Å². The van der Waals surface area contributed by atoms with E-state index in [1.54, 1.807) is 42.5 Å². The van der Waals surface area contributed by atoms with E-state index in [9.17, 15) is 22.8 Å². The number of nitrogens with zero attached hydrogens (tertiary/aromatic N) is 2. The Balaban J connectivity index is 1.22. The molecule has 3 aliphatic rings. The number of benzene rings is 2. The molecule has 2 heterocycles. The summed E-state index contributed by atoms with van der Waals surface area (Å²) in [5, 5.41) is 2.87. The van der Waals surface area contributed by atoms with E-state index < -0.39 is 10.0 Å². The third kappa shape index (κ3) is 4.69. The van der Waals surface area contributed by atoms with Crippen LogP contribution < -0.4 is 10.2 Å². The highest BCUT2D eigenvalue weighted by atomic mass is 32.2. The number of piperidine rings is 1. The number of ketones is 1. The van der Waals surface area contributed by atoms with Crippen molar-refractivity contribution in [2.45, 2.75) is 56.9 Å². The average Bonchev–Trinajstić information content (AvgIpc) is 3.66. The topological polar surface area (TPSA) is 104 Å². The first-order valence-corrected chi connectivity index (χ1v) is 14.0. The lowest BCUT2D eigenvalue weighted by atomic mass is 9.97. The smallest absolute Gasteiger partial charge is 0.243 e. The summed E-state index contributed by atoms with van der Waals surface area (Å²) in [5.74, 6) is -0.211. The highest BCUT2D eigenvalue weighted by Crippen LogP contribution is 2.40. The van der Waals surface area contributed by atoms with Crippen LogP contribution in [-0.4, -0.2) is 49.5 Å². The maximum absolute atomic E-state index is 13.4. The number of Topliss-reactive ketones (excluding diaryl/α,β-unsaturated/α-hetero) is 1. The van der Waals surface area contributed by atoms with E-state index in [0.717, 1.165) is 24.1 Å². The molecule has 0 spiro atoms. The Labute approximate surface area is 211 Å². The number of carbonyl (C=O) groups is 3. The first kappa shape index (κ1) is 24.6. The van der Waals surface area contributed by atoms with Crippen molar-refractivity contribution in [2.24, 2.45) is 11.8 Å². The highest BCUT2D eigenvalue weighted by Gasteiger charge is 2.40. The lowest BCUT2D eigenvalue weighted by molar-refractivity contribution is -0.121. The third-order valence-electron chi connectivity index (χ3n) is 7.45. The molecular formula is C27H31N3O5S. The monoisotopic (exact) mass is 509 g/mol. The molecule has 2 fully saturated rings. The van der Waals surface area contributed by atoms with Crippen molar-refractivity contribution < 1.29 is 22.8 Å². The molecule has 1 atom stereocenters. The van der Waals surface area contributed by atoms with Gasteiger partial charge in [0.2, 0.25) is 21.8 Å². The molecule has 0 bridgehead atoms. The average molecular weight is 510 g/mol. The van der Waals surface area contributed by atoms with Gasteiger partial charge in [0, 0.05) is 47.9 Å². The van der Waals surface area contributed by atoms with Crippen molar-refractivity contribution in [3.05, 3.63) is 53.6 Å². The molecule has 2 aromatic rings. The van der Waals surface area contributed by atoms with Crippen LogP contribution in [0, 0.1) is 11.8 Å². The fourth-order valence-electron chi connectivity index (χ4n) is 5.17. The molecule has 1 N–H and O–H groups in total. The normalized spacial score (nSPS) is 20.7. The van der Waals surface area contributed by atoms with Crippen molar-refractivity contribution in [2.75, 3.05) is 23.3 Å². The molecule has 0 aromatic heterocycles. The maximum Gasteiger partial charge on any atom is 0.243 e. The Morgan fingerprint density at radius 3 is 2.19 bits per heavy atom. The Hall–Kier alpha value is -3.04. The molecule has 2 amide bonds. The number of anilines is 2. The standard InChI is InChI=1S/C27H31N3O5S/c1-17-15-22-16-24(9-10-25(22)30(17)27(33)21-3-4-21)36(34,35)29-13-11-20(12-14-29)26(32)28-23-7-5-19(6-8-23)18(2)31/h5-10,16-17,20-21H,3-4,11-15H2,1-2H3,(H,28,32). The van der Waals surface area contributed by atoms with E-state index in [2.05, 4.69) is 5.32 Å². The molecule has 0 radical (unpaired) electrons. The van der Waals surface area contributed by atoms with Gasteiger partial charge in [-0.1, -0.05) is 0 Å². The first-order valence-electron chi connectivity index (χ1n) is 12.5. The number of hydrogen-bond acceptors (Lipinski definition) is 5. The summed E-state index contributed by atoms with van der Waals surface area (Å²) in [4.78, 5) is 38.9. The molecule has 2 aromatic carbocycles. The van der Waals surface area contributed by atoms with Gasteiger partial charge >= 0.3 is 0 Å². The largest absolute Gasteiger partial charge is 0.326 e. The minimum absolute atomic E-state index is 0.0268. The van der Waals surface area contributed by atoms with E-state index in [1.165, 1.54) is 11.2 Å². The van der Waals surface area contributed by atoms with Crippen LogP contribution in [0.15, 0.2) is 47.4 Å². The molecule has 1 unspecified atom stereocenters. The van der Waals surface area contributed by atoms with Gasteiger partial charge in [0.1, 0.15) is 0 Å². The fraction of sp³-hybridized carbons (Fsp3) is 0.444. The van der Waals surface area contributed by atoms with Gasteiger partial charge in [-0.2, -0.15) is 4.31 Å². The summed E-state index contributed by atoms with van der Waals surface area (Å²) in [6.07, 6.45) is 3.38. The van der Waals surface area contributed by atoms with Gasteiger partial charge in [0.15, 0.2) is 5.78 Å². The van der Waals surface area contributed by atoms with Crippen molar-refractivity contribution in [1.29, 1.82) is 0 Å². The summed E-state index contributed by atoms with van der Waals surface area (Å²) in [7, 11) is -3.70. The van der Waals surface area contributed by atoms with Crippen LogP contribution in [0.4, 0.5) is 11.4 Å². The highest BCUT2D eigenvalue weighted by molar-refractivity contribution is 7.89. The van der Waals surface area contributed by atoms with Crippen LogP contribution in [0.1, 0.15) is 55.5 Å². The number of carbonyl (C=O) groups excluding carboxylic acids is 3. The summed E-state index contributed by atoms with van der Waals surface area (Å²) < 4.78 is 28.2. The summed E-state index contributed by atoms with van der Waals surface area (Å²) in [6.45, 7) is 4.03. The van der Waals surface area contributed by atoms with Crippen LogP contribution in [0.3, 0.4) is 0 Å². The third-order valence-corrected chi connectivity index (χ3v) is 9.35. The van der Waals surface area contributed by atoms with Crippen LogP contribution in [0.25, 0.3) is 0 Å². The maximum atomic E-state index is 13.4. The predicted octanol–water partition coefficient (Wildman–Crippen LogP) is 3.62. The molecular weight excluding hydrogens is 478 g/mol. The SMILES string of the molecule is CC(=O)c1ccc(NC(=O)C2CCN(S(=O)(=O)c3ccc4c(c3)CC(C)N4C(=O)C3CC3)CC2)cc1. The molecule has 1 aliphatic carbocycles. The summed E-state index contributed by atoms with van der Waals surface area (Å²) >= 11 is 0. The van der Waals surface area contributed by atoms with Crippen LogP contribution in [0.5, 0.6) is 0 Å². The number of nitrogens with one attached hydrogen (secondary N) is 1. The minimum atomic E-state index is -3.70.